The fourth-order valence-corrected chi connectivity index (χ4v) is 1.79. The summed E-state index contributed by atoms with van der Waals surface area (Å²) in [5, 5.41) is 11.1. The minimum Gasteiger partial charge on any atom is -0.454 e. The molecular weight excluding hydrogens is 313 g/mol. The second-order valence-corrected chi connectivity index (χ2v) is 4.93. The van der Waals surface area contributed by atoms with Gasteiger partial charge >= 0.3 is 6.03 Å². The molecule has 124 valence electrons. The van der Waals surface area contributed by atoms with Gasteiger partial charge < -0.3 is 15.4 Å². The van der Waals surface area contributed by atoms with Gasteiger partial charge in [-0.2, -0.15) is 5.26 Å². The molecule has 0 aliphatic rings. The number of pyridine rings is 1. The summed E-state index contributed by atoms with van der Waals surface area (Å²) in [7, 11) is 1.57. The largest absolute Gasteiger partial charge is 0.454 e. The van der Waals surface area contributed by atoms with E-state index in [2.05, 4.69) is 10.3 Å². The molecule has 1 heterocycles. The summed E-state index contributed by atoms with van der Waals surface area (Å²) in [4.78, 5) is 17.3. The van der Waals surface area contributed by atoms with E-state index in [0.29, 0.717) is 18.0 Å². The molecule has 0 radical (unpaired) electrons. The van der Waals surface area contributed by atoms with E-state index in [1.807, 2.05) is 6.07 Å². The van der Waals surface area contributed by atoms with Crippen LogP contribution in [0.1, 0.15) is 6.42 Å². The minimum atomic E-state index is -0.589. The Morgan fingerprint density at radius 1 is 1.46 bits per heavy atom. The Morgan fingerprint density at radius 3 is 2.96 bits per heavy atom. The Kier molecular flexibility index (Phi) is 5.52. The number of carbonyl (C=O) groups excluding carboxylic acids is 1. The fraction of sp³-hybridized carbons (Fsp3) is 0.188. The maximum absolute atomic E-state index is 13.7. The molecule has 8 heteroatoms. The first kappa shape index (κ1) is 17.0. The van der Waals surface area contributed by atoms with E-state index in [1.165, 1.54) is 35.4 Å². The summed E-state index contributed by atoms with van der Waals surface area (Å²) in [6.45, 7) is 0.301. The number of ether oxygens (including phenoxy) is 1. The molecule has 1 aromatic carbocycles. The number of aromatic nitrogens is 1. The lowest BCUT2D eigenvalue weighted by atomic mass is 10.3. The first-order valence-corrected chi connectivity index (χ1v) is 7.07. The third kappa shape index (κ3) is 4.58. The molecule has 0 saturated heterocycles. The van der Waals surface area contributed by atoms with Gasteiger partial charge in [0, 0.05) is 37.6 Å². The quantitative estimate of drug-likeness (QED) is 0.821. The van der Waals surface area contributed by atoms with E-state index in [9.17, 15) is 9.18 Å². The second-order valence-electron chi connectivity index (χ2n) is 4.93. The van der Waals surface area contributed by atoms with Crippen LogP contribution >= 0.6 is 0 Å². The normalized spacial score (nSPS) is 9.88. The Morgan fingerprint density at radius 2 is 2.25 bits per heavy atom. The molecular formula is C16H16FN5O2. The number of nitriles is 1. The standard InChI is InChI=1S/C16H16FN5O2/c1-22(8-2-6-18)16(23)21-15-10-12(5-7-20-15)24-14-4-3-11(19)9-13(14)17/h3-5,7,9-10H,2,8,19H2,1H3,(H,20,21,23). The van der Waals surface area contributed by atoms with Crippen molar-refractivity contribution < 1.29 is 13.9 Å². The van der Waals surface area contributed by atoms with Gasteiger partial charge in [0.05, 0.1) is 12.5 Å². The molecule has 2 amide bonds. The van der Waals surface area contributed by atoms with Crippen molar-refractivity contribution in [3.05, 3.63) is 42.3 Å². The summed E-state index contributed by atoms with van der Waals surface area (Å²) in [6.07, 6.45) is 1.66. The number of nitrogens with zero attached hydrogens (tertiary/aromatic N) is 3. The maximum atomic E-state index is 13.7. The molecule has 0 spiro atoms. The van der Waals surface area contributed by atoms with Gasteiger partial charge in [-0.05, 0) is 18.2 Å². The average Bonchev–Trinajstić information content (AvgIpc) is 2.55. The van der Waals surface area contributed by atoms with Crippen molar-refractivity contribution in [1.29, 1.82) is 5.26 Å². The Balaban J connectivity index is 2.06. The van der Waals surface area contributed by atoms with Crippen molar-refractivity contribution in [3.8, 4) is 17.6 Å². The van der Waals surface area contributed by atoms with Crippen LogP contribution in [0.4, 0.5) is 20.7 Å². The highest BCUT2D eigenvalue weighted by molar-refractivity contribution is 5.88. The lowest BCUT2D eigenvalue weighted by Crippen LogP contribution is -2.32. The highest BCUT2D eigenvalue weighted by Crippen LogP contribution is 2.26. The molecule has 0 saturated carbocycles. The number of carbonyl (C=O) groups is 1. The fourth-order valence-electron chi connectivity index (χ4n) is 1.79. The monoisotopic (exact) mass is 329 g/mol. The number of urea groups is 1. The molecule has 0 fully saturated rings. The van der Waals surface area contributed by atoms with E-state index < -0.39 is 11.8 Å². The number of benzene rings is 1. The highest BCUT2D eigenvalue weighted by Gasteiger charge is 2.10. The number of nitrogens with one attached hydrogen (secondary N) is 1. The first-order valence-electron chi connectivity index (χ1n) is 7.07. The molecule has 2 aromatic rings. The Hall–Kier alpha value is -3.34. The number of anilines is 2. The van der Waals surface area contributed by atoms with E-state index >= 15 is 0 Å². The van der Waals surface area contributed by atoms with Crippen LogP contribution in [0.25, 0.3) is 0 Å². The predicted molar refractivity (Wildman–Crippen MR) is 87.0 cm³/mol. The average molecular weight is 329 g/mol. The van der Waals surface area contributed by atoms with Gasteiger partial charge in [0.15, 0.2) is 11.6 Å². The van der Waals surface area contributed by atoms with Crippen molar-refractivity contribution in [1.82, 2.24) is 9.88 Å². The van der Waals surface area contributed by atoms with Gasteiger partial charge in [0.1, 0.15) is 11.6 Å². The summed E-state index contributed by atoms with van der Waals surface area (Å²) in [5.41, 5.74) is 5.78. The van der Waals surface area contributed by atoms with Gasteiger partial charge in [0.25, 0.3) is 0 Å². The SMILES string of the molecule is CN(CCC#N)C(=O)Nc1cc(Oc2ccc(N)cc2F)ccn1. The van der Waals surface area contributed by atoms with Crippen LogP contribution in [0, 0.1) is 17.1 Å². The van der Waals surface area contributed by atoms with Crippen LogP contribution in [-0.4, -0.2) is 29.5 Å². The molecule has 0 atom stereocenters. The third-order valence-corrected chi connectivity index (χ3v) is 3.06. The second kappa shape index (κ2) is 7.78. The predicted octanol–water partition coefficient (Wildman–Crippen LogP) is 2.97. The van der Waals surface area contributed by atoms with Crippen molar-refractivity contribution in [2.45, 2.75) is 6.42 Å². The lowest BCUT2D eigenvalue weighted by Gasteiger charge is -2.16. The third-order valence-electron chi connectivity index (χ3n) is 3.06. The van der Waals surface area contributed by atoms with E-state index in [1.54, 1.807) is 7.05 Å². The molecule has 0 unspecified atom stereocenters. The van der Waals surface area contributed by atoms with Gasteiger partial charge in [-0.15, -0.1) is 0 Å². The smallest absolute Gasteiger partial charge is 0.322 e. The Bertz CT molecular complexity index is 775. The van der Waals surface area contributed by atoms with Gasteiger partial charge in [-0.1, -0.05) is 0 Å². The van der Waals surface area contributed by atoms with Gasteiger partial charge in [0.2, 0.25) is 0 Å². The minimum absolute atomic E-state index is 0.0128. The molecule has 3 N–H and O–H groups in total. The van der Waals surface area contributed by atoms with Crippen molar-refractivity contribution in [3.63, 3.8) is 0 Å². The van der Waals surface area contributed by atoms with Crippen LogP contribution < -0.4 is 15.8 Å². The highest BCUT2D eigenvalue weighted by atomic mass is 19.1. The van der Waals surface area contributed by atoms with E-state index in [-0.39, 0.29) is 18.0 Å². The molecule has 7 nitrogen and oxygen atoms in total. The number of halogens is 1. The molecule has 1 aromatic heterocycles. The zero-order chi connectivity index (χ0) is 17.5. The van der Waals surface area contributed by atoms with Crippen molar-refractivity contribution >= 4 is 17.5 Å². The van der Waals surface area contributed by atoms with Crippen LogP contribution in [0.5, 0.6) is 11.5 Å². The summed E-state index contributed by atoms with van der Waals surface area (Å²) in [5.74, 6) is -0.0201. The molecule has 24 heavy (non-hydrogen) atoms. The van der Waals surface area contributed by atoms with Crippen LogP contribution in [0.15, 0.2) is 36.5 Å². The summed E-state index contributed by atoms with van der Waals surface area (Å²) in [6, 6.07) is 8.64. The Labute approximate surface area is 138 Å². The number of amides is 2. The lowest BCUT2D eigenvalue weighted by molar-refractivity contribution is 0.223. The van der Waals surface area contributed by atoms with E-state index in [0.717, 1.165) is 6.07 Å². The molecule has 0 aliphatic carbocycles. The number of nitrogen functional groups attached to an aromatic ring is 1. The van der Waals surface area contributed by atoms with Crippen LogP contribution in [0.2, 0.25) is 0 Å². The maximum Gasteiger partial charge on any atom is 0.322 e. The van der Waals surface area contributed by atoms with Crippen LogP contribution in [0.3, 0.4) is 0 Å². The number of hydrogen-bond acceptors (Lipinski definition) is 5. The van der Waals surface area contributed by atoms with Crippen LogP contribution in [-0.2, 0) is 0 Å². The molecule has 0 aliphatic heterocycles. The van der Waals surface area contributed by atoms with Gasteiger partial charge in [-0.3, -0.25) is 5.32 Å². The number of nitrogens with two attached hydrogens (primary N) is 1. The van der Waals surface area contributed by atoms with Crippen molar-refractivity contribution in [2.75, 3.05) is 24.6 Å². The van der Waals surface area contributed by atoms with E-state index in [4.69, 9.17) is 15.7 Å². The molecule has 0 bridgehead atoms. The zero-order valence-corrected chi connectivity index (χ0v) is 13.0. The summed E-state index contributed by atoms with van der Waals surface area (Å²) >= 11 is 0. The van der Waals surface area contributed by atoms with Gasteiger partial charge in [-0.25, -0.2) is 14.2 Å². The number of hydrogen-bond donors (Lipinski definition) is 2. The first-order chi connectivity index (χ1) is 11.5. The summed E-state index contributed by atoms with van der Waals surface area (Å²) < 4.78 is 19.2. The van der Waals surface area contributed by atoms with Crippen molar-refractivity contribution in [2.24, 2.45) is 0 Å². The molecule has 2 rings (SSSR count). The topological polar surface area (TPSA) is 104 Å². The zero-order valence-electron chi connectivity index (χ0n) is 13.0. The number of rotatable bonds is 5.